The van der Waals surface area contributed by atoms with Crippen molar-refractivity contribution < 1.29 is 47.4 Å². The number of ketones is 1. The lowest BCUT2D eigenvalue weighted by molar-refractivity contribution is -0.133. The van der Waals surface area contributed by atoms with E-state index in [9.17, 15) is 28.5 Å². The summed E-state index contributed by atoms with van der Waals surface area (Å²) in [5.41, 5.74) is 0.0237. The average Bonchev–Trinajstić information content (AvgIpc) is 3.63. The van der Waals surface area contributed by atoms with Crippen molar-refractivity contribution in [1.82, 2.24) is 21.3 Å². The molecule has 0 spiro atoms. The summed E-state index contributed by atoms with van der Waals surface area (Å²) in [4.78, 5) is 70.0. The molecule has 0 aliphatic carbocycles. The number of carbonyl (C=O) groups excluding carboxylic acids is 5. The van der Waals surface area contributed by atoms with Crippen LogP contribution in [0.5, 0.6) is 0 Å². The van der Waals surface area contributed by atoms with Crippen LogP contribution in [0.25, 0.3) is 0 Å². The SMILES string of the molecule is CC(=O)N[C@@H](CCc1ccccc1)C(=O)NCC(=O)N[C@@H](COCO[P+](=O)O)C(=O)NCC(=O)[C@@]1(C)CO1. The van der Waals surface area contributed by atoms with Crippen molar-refractivity contribution in [1.29, 1.82) is 0 Å². The highest BCUT2D eigenvalue weighted by Crippen LogP contribution is 2.26. The van der Waals surface area contributed by atoms with Gasteiger partial charge in [0.15, 0.2) is 5.78 Å². The van der Waals surface area contributed by atoms with Crippen LogP contribution in [0.3, 0.4) is 0 Å². The molecule has 1 aromatic carbocycles. The van der Waals surface area contributed by atoms with Gasteiger partial charge in [-0.3, -0.25) is 24.0 Å². The first-order valence-electron chi connectivity index (χ1n) is 11.7. The third-order valence-electron chi connectivity index (χ3n) is 5.45. The van der Waals surface area contributed by atoms with E-state index in [4.69, 9.17) is 14.4 Å². The van der Waals surface area contributed by atoms with E-state index < -0.39 is 69.5 Å². The highest BCUT2D eigenvalue weighted by Gasteiger charge is 2.46. The number of amides is 4. The van der Waals surface area contributed by atoms with Gasteiger partial charge in [0.25, 0.3) is 0 Å². The van der Waals surface area contributed by atoms with Crippen molar-refractivity contribution in [2.45, 2.75) is 44.4 Å². The Morgan fingerprint density at radius 2 is 1.68 bits per heavy atom. The summed E-state index contributed by atoms with van der Waals surface area (Å²) in [6.07, 6.45) is 0.801. The summed E-state index contributed by atoms with van der Waals surface area (Å²) in [5.74, 6) is -2.89. The fourth-order valence-corrected chi connectivity index (χ4v) is 3.35. The van der Waals surface area contributed by atoms with E-state index in [-0.39, 0.29) is 18.9 Å². The molecule has 1 saturated heterocycles. The first-order chi connectivity index (χ1) is 18.0. The standard InChI is InChI=1S/C23H31N4O10P/c1-15(28)26-17(9-8-16-6-4-3-5-7-16)21(31)25-11-20(30)27-18(12-35-14-37-38(33)34)22(32)24-10-19(29)23(2)13-36-23/h3-7,17-18H,8-14H2,1-2H3,(H4-,24,25,26,27,28,30,31,32,33,34)/p+1/t17-,18-,23+/m0/s1. The van der Waals surface area contributed by atoms with Crippen molar-refractivity contribution in [3.63, 3.8) is 0 Å². The molecule has 4 amide bonds. The predicted octanol–water partition coefficient (Wildman–Crippen LogP) is -1.16. The van der Waals surface area contributed by atoms with Crippen molar-refractivity contribution in [2.24, 2.45) is 0 Å². The van der Waals surface area contributed by atoms with Crippen molar-refractivity contribution in [2.75, 3.05) is 33.1 Å². The molecule has 2 rings (SSSR count). The molecule has 15 heteroatoms. The highest BCUT2D eigenvalue weighted by molar-refractivity contribution is 7.32. The lowest BCUT2D eigenvalue weighted by Crippen LogP contribution is -2.54. The highest BCUT2D eigenvalue weighted by atomic mass is 31.1. The van der Waals surface area contributed by atoms with Crippen LogP contribution in [-0.2, 0) is 49.0 Å². The number of nitrogens with one attached hydrogen (secondary N) is 4. The second kappa shape index (κ2) is 15.2. The molecular formula is C23H32N4O10P+. The van der Waals surface area contributed by atoms with Gasteiger partial charge in [-0.2, -0.15) is 0 Å². The molecule has 1 unspecified atom stereocenters. The van der Waals surface area contributed by atoms with E-state index in [2.05, 4.69) is 25.8 Å². The second-order valence-corrected chi connectivity index (χ2v) is 9.37. The first-order valence-corrected chi connectivity index (χ1v) is 12.8. The van der Waals surface area contributed by atoms with Gasteiger partial charge in [0.2, 0.25) is 30.4 Å². The summed E-state index contributed by atoms with van der Waals surface area (Å²) in [5, 5.41) is 9.72. The van der Waals surface area contributed by atoms with Gasteiger partial charge in [-0.25, -0.2) is 0 Å². The fourth-order valence-electron chi connectivity index (χ4n) is 3.18. The Hall–Kier alpha value is -3.29. The van der Waals surface area contributed by atoms with Crippen LogP contribution >= 0.6 is 8.25 Å². The van der Waals surface area contributed by atoms with Gasteiger partial charge in [0.05, 0.1) is 26.3 Å². The van der Waals surface area contributed by atoms with Gasteiger partial charge in [0, 0.05) is 11.5 Å². The number of hydrogen-bond donors (Lipinski definition) is 5. The molecular weight excluding hydrogens is 523 g/mol. The summed E-state index contributed by atoms with van der Waals surface area (Å²) in [7, 11) is -2.93. The van der Waals surface area contributed by atoms with Crippen molar-refractivity contribution >= 4 is 37.7 Å². The monoisotopic (exact) mass is 555 g/mol. The average molecular weight is 556 g/mol. The topological polar surface area (TPSA) is 202 Å². The van der Waals surface area contributed by atoms with E-state index in [1.54, 1.807) is 6.92 Å². The number of carbonyl (C=O) groups is 5. The molecule has 0 saturated carbocycles. The molecule has 1 aliphatic heterocycles. The van der Waals surface area contributed by atoms with Gasteiger partial charge < -0.3 is 30.7 Å². The fraction of sp³-hybridized carbons (Fsp3) is 0.522. The number of hydrogen-bond acceptors (Lipinski definition) is 9. The van der Waals surface area contributed by atoms with E-state index in [1.807, 2.05) is 30.3 Å². The lowest BCUT2D eigenvalue weighted by Gasteiger charge is -2.20. The number of ether oxygens (including phenoxy) is 2. The van der Waals surface area contributed by atoms with Crippen LogP contribution in [-0.4, -0.2) is 85.1 Å². The molecule has 5 N–H and O–H groups in total. The van der Waals surface area contributed by atoms with Gasteiger partial charge in [-0.05, 0) is 25.3 Å². The van der Waals surface area contributed by atoms with Crippen LogP contribution in [0.15, 0.2) is 30.3 Å². The maximum atomic E-state index is 12.6. The van der Waals surface area contributed by atoms with Gasteiger partial charge in [-0.1, -0.05) is 34.9 Å². The second-order valence-electron chi connectivity index (χ2n) is 8.63. The summed E-state index contributed by atoms with van der Waals surface area (Å²) in [6, 6.07) is 7.14. The Labute approximate surface area is 220 Å². The van der Waals surface area contributed by atoms with Crippen molar-refractivity contribution in [3.05, 3.63) is 35.9 Å². The summed E-state index contributed by atoms with van der Waals surface area (Å²) < 4.78 is 25.0. The number of aryl methyl sites for hydroxylation is 1. The zero-order valence-electron chi connectivity index (χ0n) is 21.1. The molecule has 208 valence electrons. The van der Waals surface area contributed by atoms with Gasteiger partial charge in [-0.15, -0.1) is 4.89 Å². The van der Waals surface area contributed by atoms with E-state index in [0.29, 0.717) is 12.8 Å². The number of Topliss-reactive ketones (excluding diaryl/α,β-unsaturated/α-hetero) is 1. The molecule has 4 atom stereocenters. The normalized spacial score (nSPS) is 17.9. The van der Waals surface area contributed by atoms with Crippen molar-refractivity contribution in [3.8, 4) is 0 Å². The van der Waals surface area contributed by atoms with Gasteiger partial charge >= 0.3 is 8.25 Å². The minimum Gasteiger partial charge on any atom is -0.362 e. The van der Waals surface area contributed by atoms with Crippen LogP contribution in [0.4, 0.5) is 0 Å². The molecule has 0 aromatic heterocycles. The molecule has 38 heavy (non-hydrogen) atoms. The number of benzene rings is 1. The van der Waals surface area contributed by atoms with E-state index >= 15 is 0 Å². The molecule has 1 aliphatic rings. The Morgan fingerprint density at radius 1 is 1.05 bits per heavy atom. The largest absolute Gasteiger partial charge is 0.697 e. The molecule has 1 aromatic rings. The van der Waals surface area contributed by atoms with E-state index in [0.717, 1.165) is 5.56 Å². The van der Waals surface area contributed by atoms with E-state index in [1.165, 1.54) is 6.92 Å². The molecule has 0 radical (unpaired) electrons. The zero-order valence-corrected chi connectivity index (χ0v) is 22.0. The molecule has 0 bridgehead atoms. The predicted molar refractivity (Wildman–Crippen MR) is 131 cm³/mol. The third-order valence-corrected chi connectivity index (χ3v) is 5.78. The quantitative estimate of drug-likeness (QED) is 0.0675. The van der Waals surface area contributed by atoms with Gasteiger partial charge in [0.1, 0.15) is 17.7 Å². The third kappa shape index (κ3) is 11.4. The molecule has 1 fully saturated rings. The van der Waals surface area contributed by atoms with Crippen LogP contribution < -0.4 is 21.3 Å². The molecule has 1 heterocycles. The minimum atomic E-state index is -2.93. The zero-order chi connectivity index (χ0) is 28.1. The molecule has 14 nitrogen and oxygen atoms in total. The number of epoxide rings is 1. The van der Waals surface area contributed by atoms with Crippen LogP contribution in [0, 0.1) is 0 Å². The number of rotatable bonds is 17. The maximum absolute atomic E-state index is 12.6. The Balaban J connectivity index is 1.89. The summed E-state index contributed by atoms with van der Waals surface area (Å²) in [6.45, 7) is 1.14. The maximum Gasteiger partial charge on any atom is 0.697 e. The lowest BCUT2D eigenvalue weighted by atomic mass is 10.0. The van der Waals surface area contributed by atoms with Crippen LogP contribution in [0.1, 0.15) is 25.8 Å². The smallest absolute Gasteiger partial charge is 0.362 e. The minimum absolute atomic E-state index is 0.242. The Morgan fingerprint density at radius 3 is 2.29 bits per heavy atom. The Bertz CT molecular complexity index is 1020. The summed E-state index contributed by atoms with van der Waals surface area (Å²) >= 11 is 0. The Kier molecular flexibility index (Phi) is 12.4. The van der Waals surface area contributed by atoms with Crippen LogP contribution in [0.2, 0.25) is 0 Å². The first kappa shape index (κ1) is 30.9.